The molecule has 3 rings (SSSR count). The fraction of sp³-hybridized carbons (Fsp3) is 0.429. The van der Waals surface area contributed by atoms with E-state index in [1.807, 2.05) is 0 Å². The molecule has 0 saturated carbocycles. The molecule has 1 fully saturated rings. The highest BCUT2D eigenvalue weighted by atomic mass is 127. The summed E-state index contributed by atoms with van der Waals surface area (Å²) in [5.74, 6) is 1.70. The second-order valence-electron chi connectivity index (χ2n) is 5.01. The summed E-state index contributed by atoms with van der Waals surface area (Å²) in [5, 5.41) is 3.02. The van der Waals surface area contributed by atoms with Gasteiger partial charge in [-0.3, -0.25) is 4.79 Å². The molecule has 4 nitrogen and oxygen atoms in total. The van der Waals surface area contributed by atoms with Gasteiger partial charge in [-0.2, -0.15) is 0 Å². The van der Waals surface area contributed by atoms with Crippen molar-refractivity contribution in [2.45, 2.75) is 31.8 Å². The van der Waals surface area contributed by atoms with Crippen molar-refractivity contribution >= 4 is 51.1 Å². The van der Waals surface area contributed by atoms with Crippen LogP contribution < -0.4 is 5.32 Å². The predicted molar refractivity (Wildman–Crippen MR) is 88.0 cm³/mol. The summed E-state index contributed by atoms with van der Waals surface area (Å²) in [7, 11) is 0. The Balaban J connectivity index is 1.97. The molecule has 1 aromatic heterocycles. The van der Waals surface area contributed by atoms with Crippen molar-refractivity contribution in [2.75, 3.05) is 5.88 Å². The van der Waals surface area contributed by atoms with Gasteiger partial charge in [-0.05, 0) is 47.2 Å². The zero-order chi connectivity index (χ0) is 14.1. The maximum atomic E-state index is 11.3. The second-order valence-corrected chi connectivity index (χ2v) is 6.64. The third kappa shape index (κ3) is 2.79. The molecule has 20 heavy (non-hydrogen) atoms. The van der Waals surface area contributed by atoms with E-state index in [0.717, 1.165) is 36.2 Å². The normalized spacial score (nSPS) is 18.7. The van der Waals surface area contributed by atoms with Crippen LogP contribution in [0.3, 0.4) is 0 Å². The minimum atomic E-state index is 0.146. The number of amides is 1. The van der Waals surface area contributed by atoms with Crippen LogP contribution in [0.5, 0.6) is 0 Å². The van der Waals surface area contributed by atoms with Gasteiger partial charge in [-0.1, -0.05) is 0 Å². The number of benzene rings is 1. The molecule has 1 aromatic carbocycles. The summed E-state index contributed by atoms with van der Waals surface area (Å²) < 4.78 is 3.37. The van der Waals surface area contributed by atoms with Gasteiger partial charge in [0.15, 0.2) is 0 Å². The fourth-order valence-corrected chi connectivity index (χ4v) is 3.31. The van der Waals surface area contributed by atoms with Gasteiger partial charge in [0, 0.05) is 34.9 Å². The highest BCUT2D eigenvalue weighted by Crippen LogP contribution is 2.21. The standard InChI is InChI=1S/C14H15ClIN3O/c15-6-5-13-18-11-7-9(16)1-3-12(11)19(13)8-10-2-4-14(20)17-10/h1,3,7,10H,2,4-6,8H2,(H,17,20). The van der Waals surface area contributed by atoms with E-state index in [9.17, 15) is 4.79 Å². The van der Waals surface area contributed by atoms with Gasteiger partial charge in [-0.15, -0.1) is 11.6 Å². The molecular formula is C14H15ClIN3O. The number of rotatable bonds is 4. The first kappa shape index (κ1) is 14.1. The van der Waals surface area contributed by atoms with Crippen LogP contribution in [0.4, 0.5) is 0 Å². The van der Waals surface area contributed by atoms with Gasteiger partial charge in [0.1, 0.15) is 5.82 Å². The van der Waals surface area contributed by atoms with E-state index < -0.39 is 0 Å². The van der Waals surface area contributed by atoms with Gasteiger partial charge < -0.3 is 9.88 Å². The molecule has 6 heteroatoms. The highest BCUT2D eigenvalue weighted by molar-refractivity contribution is 14.1. The first-order valence-electron chi connectivity index (χ1n) is 6.67. The summed E-state index contributed by atoms with van der Waals surface area (Å²) in [5.41, 5.74) is 2.12. The molecule has 0 spiro atoms. The number of carbonyl (C=O) groups is 1. The van der Waals surface area contributed by atoms with Gasteiger partial charge in [0.25, 0.3) is 0 Å². The third-order valence-corrected chi connectivity index (χ3v) is 4.46. The van der Waals surface area contributed by atoms with Crippen molar-refractivity contribution in [1.82, 2.24) is 14.9 Å². The minimum absolute atomic E-state index is 0.146. The van der Waals surface area contributed by atoms with Crippen molar-refractivity contribution in [3.8, 4) is 0 Å². The van der Waals surface area contributed by atoms with Gasteiger partial charge >= 0.3 is 0 Å². The highest BCUT2D eigenvalue weighted by Gasteiger charge is 2.23. The Morgan fingerprint density at radius 1 is 1.50 bits per heavy atom. The number of imidazole rings is 1. The SMILES string of the molecule is O=C1CCC(Cn2c(CCCl)nc3cc(I)ccc32)N1. The Kier molecular flexibility index (Phi) is 4.16. The molecule has 1 saturated heterocycles. The monoisotopic (exact) mass is 403 g/mol. The van der Waals surface area contributed by atoms with E-state index in [1.165, 1.54) is 3.57 Å². The summed E-state index contributed by atoms with van der Waals surface area (Å²) in [6.45, 7) is 0.773. The van der Waals surface area contributed by atoms with Crippen molar-refractivity contribution < 1.29 is 4.79 Å². The van der Waals surface area contributed by atoms with Gasteiger partial charge in [0.05, 0.1) is 11.0 Å². The van der Waals surface area contributed by atoms with Crippen LogP contribution in [0.2, 0.25) is 0 Å². The van der Waals surface area contributed by atoms with Crippen molar-refractivity contribution in [3.05, 3.63) is 27.6 Å². The molecule has 0 aliphatic carbocycles. The number of alkyl halides is 1. The lowest BCUT2D eigenvalue weighted by molar-refractivity contribution is -0.119. The van der Waals surface area contributed by atoms with E-state index in [1.54, 1.807) is 0 Å². The Morgan fingerprint density at radius 2 is 2.35 bits per heavy atom. The van der Waals surface area contributed by atoms with Crippen molar-refractivity contribution in [1.29, 1.82) is 0 Å². The number of fused-ring (bicyclic) bond motifs is 1. The smallest absolute Gasteiger partial charge is 0.220 e. The quantitative estimate of drug-likeness (QED) is 0.630. The first-order valence-corrected chi connectivity index (χ1v) is 8.28. The fourth-order valence-electron chi connectivity index (χ4n) is 2.67. The maximum absolute atomic E-state index is 11.3. The number of hydrogen-bond acceptors (Lipinski definition) is 2. The molecule has 0 radical (unpaired) electrons. The average Bonchev–Trinajstić information content (AvgIpc) is 2.95. The van der Waals surface area contributed by atoms with Crippen LogP contribution in [0.25, 0.3) is 11.0 Å². The van der Waals surface area contributed by atoms with E-state index in [2.05, 4.69) is 55.7 Å². The molecule has 0 bridgehead atoms. The molecule has 1 amide bonds. The molecule has 1 aliphatic rings. The molecule has 106 valence electrons. The Bertz CT molecular complexity index is 655. The van der Waals surface area contributed by atoms with Crippen LogP contribution in [0.15, 0.2) is 18.2 Å². The van der Waals surface area contributed by atoms with Gasteiger partial charge in [0.2, 0.25) is 5.91 Å². The molecule has 1 atom stereocenters. The van der Waals surface area contributed by atoms with Crippen LogP contribution >= 0.6 is 34.2 Å². The molecular weight excluding hydrogens is 389 g/mol. The van der Waals surface area contributed by atoms with Gasteiger partial charge in [-0.25, -0.2) is 4.98 Å². The second kappa shape index (κ2) is 5.89. The lowest BCUT2D eigenvalue weighted by atomic mass is 10.2. The predicted octanol–water partition coefficient (Wildman–Crippen LogP) is 2.70. The van der Waals surface area contributed by atoms with Crippen LogP contribution in [-0.4, -0.2) is 27.4 Å². The topological polar surface area (TPSA) is 46.9 Å². The summed E-state index contributed by atoms with van der Waals surface area (Å²) >= 11 is 8.17. The largest absolute Gasteiger partial charge is 0.352 e. The molecule has 2 aromatic rings. The Labute approximate surface area is 136 Å². The molecule has 1 aliphatic heterocycles. The zero-order valence-electron chi connectivity index (χ0n) is 10.9. The molecule has 2 heterocycles. The molecule has 1 unspecified atom stereocenters. The summed E-state index contributed by atoms with van der Waals surface area (Å²) in [4.78, 5) is 16.0. The summed E-state index contributed by atoms with van der Waals surface area (Å²) in [6.07, 6.45) is 2.26. The summed E-state index contributed by atoms with van der Waals surface area (Å²) in [6, 6.07) is 6.46. The maximum Gasteiger partial charge on any atom is 0.220 e. The van der Waals surface area contributed by atoms with E-state index in [4.69, 9.17) is 11.6 Å². The number of halogens is 2. The van der Waals surface area contributed by atoms with Crippen LogP contribution in [0.1, 0.15) is 18.7 Å². The molecule has 1 N–H and O–H groups in total. The number of nitrogens with one attached hydrogen (secondary N) is 1. The number of nitrogens with zero attached hydrogens (tertiary/aromatic N) is 2. The Hall–Kier alpha value is -0.820. The average molecular weight is 404 g/mol. The van der Waals surface area contributed by atoms with Crippen LogP contribution in [-0.2, 0) is 17.8 Å². The minimum Gasteiger partial charge on any atom is -0.352 e. The van der Waals surface area contributed by atoms with E-state index >= 15 is 0 Å². The lowest BCUT2D eigenvalue weighted by Crippen LogP contribution is -2.30. The van der Waals surface area contributed by atoms with E-state index in [-0.39, 0.29) is 11.9 Å². The number of aryl methyl sites for hydroxylation is 1. The number of aromatic nitrogens is 2. The van der Waals surface area contributed by atoms with E-state index in [0.29, 0.717) is 12.3 Å². The Morgan fingerprint density at radius 3 is 3.05 bits per heavy atom. The number of hydrogen-bond donors (Lipinski definition) is 1. The first-order chi connectivity index (χ1) is 9.67. The lowest BCUT2D eigenvalue weighted by Gasteiger charge is -2.14. The third-order valence-electron chi connectivity index (χ3n) is 3.60. The van der Waals surface area contributed by atoms with Crippen molar-refractivity contribution in [2.24, 2.45) is 0 Å². The van der Waals surface area contributed by atoms with Crippen molar-refractivity contribution in [3.63, 3.8) is 0 Å². The zero-order valence-corrected chi connectivity index (χ0v) is 13.8. The van der Waals surface area contributed by atoms with Crippen LogP contribution in [0, 0.1) is 3.57 Å². The number of carbonyl (C=O) groups excluding carboxylic acids is 1.